The first-order valence-corrected chi connectivity index (χ1v) is 17.2. The molecule has 242 valence electrons. The number of hydroxylamine groups is 1. The summed E-state index contributed by atoms with van der Waals surface area (Å²) in [6.45, 7) is 7.03. The van der Waals surface area contributed by atoms with Crippen LogP contribution in [0.3, 0.4) is 0 Å². The van der Waals surface area contributed by atoms with Gasteiger partial charge in [0.2, 0.25) is 0 Å². The summed E-state index contributed by atoms with van der Waals surface area (Å²) >= 11 is 0. The van der Waals surface area contributed by atoms with Crippen LogP contribution in [0.5, 0.6) is 0 Å². The zero-order valence-corrected chi connectivity index (χ0v) is 28.1. The number of hydrogen-bond acceptors (Lipinski definition) is 7. The monoisotopic (exact) mass is 649 g/mol. The molecule has 1 aromatic heterocycles. The third-order valence-corrected chi connectivity index (χ3v) is 10.4. The van der Waals surface area contributed by atoms with Crippen molar-refractivity contribution in [2.75, 3.05) is 6.54 Å². The lowest BCUT2D eigenvalue weighted by Gasteiger charge is -2.53. The van der Waals surface area contributed by atoms with Gasteiger partial charge in [0, 0.05) is 12.3 Å². The van der Waals surface area contributed by atoms with Crippen LogP contribution in [-0.2, 0) is 30.9 Å². The summed E-state index contributed by atoms with van der Waals surface area (Å²) in [4.78, 5) is 34.0. The molecule has 5 aromatic rings. The Morgan fingerprint density at radius 2 is 1.53 bits per heavy atom. The second-order valence-corrected chi connectivity index (χ2v) is 16.2. The van der Waals surface area contributed by atoms with Crippen molar-refractivity contribution < 1.29 is 18.7 Å². The molecule has 0 amide bonds. The van der Waals surface area contributed by atoms with Crippen LogP contribution in [0.1, 0.15) is 43.7 Å². The Balaban J connectivity index is 1.43. The average molecular weight is 650 g/mol. The van der Waals surface area contributed by atoms with Crippen molar-refractivity contribution in [2.24, 2.45) is 0 Å². The van der Waals surface area contributed by atoms with Crippen LogP contribution in [0, 0.1) is 0 Å². The Morgan fingerprint density at radius 1 is 0.872 bits per heavy atom. The molecule has 2 aliphatic heterocycles. The van der Waals surface area contributed by atoms with Crippen molar-refractivity contribution in [2.45, 2.75) is 62.1 Å². The minimum absolute atomic E-state index is 0.0707. The van der Waals surface area contributed by atoms with Crippen molar-refractivity contribution >= 4 is 20.5 Å². The summed E-state index contributed by atoms with van der Waals surface area (Å²) in [6.07, 6.45) is -0.989. The van der Waals surface area contributed by atoms with Crippen LogP contribution >= 0.6 is 0 Å². The minimum atomic E-state index is -1.24. The maximum absolute atomic E-state index is 13.3. The van der Waals surface area contributed by atoms with Gasteiger partial charge in [-0.1, -0.05) is 118 Å². The lowest BCUT2D eigenvalue weighted by atomic mass is 9.69. The molecule has 0 aliphatic carbocycles. The third-order valence-electron chi connectivity index (χ3n) is 8.97. The van der Waals surface area contributed by atoms with E-state index in [4.69, 9.17) is 18.7 Å². The van der Waals surface area contributed by atoms with Crippen LogP contribution in [0.2, 0.25) is 5.04 Å². The summed E-state index contributed by atoms with van der Waals surface area (Å²) in [7, 11) is -1.24. The number of aromatic amines is 1. The first-order chi connectivity index (χ1) is 22.7. The molecule has 3 heterocycles. The van der Waals surface area contributed by atoms with E-state index in [1.807, 2.05) is 48.5 Å². The van der Waals surface area contributed by atoms with Crippen LogP contribution in [0.15, 0.2) is 125 Å². The Kier molecular flexibility index (Phi) is 8.33. The average Bonchev–Trinajstić information content (AvgIpc) is 3.24. The van der Waals surface area contributed by atoms with Gasteiger partial charge in [0.25, 0.3) is 5.56 Å². The second-order valence-electron chi connectivity index (χ2n) is 13.5. The maximum atomic E-state index is 13.3. The van der Waals surface area contributed by atoms with Crippen LogP contribution in [-0.4, -0.2) is 43.7 Å². The first-order valence-electron chi connectivity index (χ1n) is 15.9. The summed E-state index contributed by atoms with van der Waals surface area (Å²) in [6, 6.07) is 36.0. The minimum Gasteiger partial charge on any atom is -0.407 e. The van der Waals surface area contributed by atoms with Gasteiger partial charge in [-0.05, 0) is 38.6 Å². The number of H-pyrrole nitrogens is 1. The van der Waals surface area contributed by atoms with E-state index in [-0.39, 0.29) is 18.2 Å². The Bertz CT molecular complexity index is 1940. The molecule has 0 spiro atoms. The molecule has 2 saturated heterocycles. The fraction of sp³-hybridized carbons (Fsp3) is 0.297. The first kappa shape index (κ1) is 31.4. The van der Waals surface area contributed by atoms with Gasteiger partial charge in [-0.15, -0.1) is 0 Å². The molecule has 0 radical (unpaired) electrons. The van der Waals surface area contributed by atoms with Gasteiger partial charge in [0.15, 0.2) is 27.7 Å². The summed E-state index contributed by atoms with van der Waals surface area (Å²) < 4.78 is 22.9. The number of fused-ring (bicyclic) bond motifs is 3. The van der Waals surface area contributed by atoms with Gasteiger partial charge < -0.3 is 13.9 Å². The molecule has 7 rings (SSSR count). The lowest BCUT2D eigenvalue weighted by molar-refractivity contribution is -0.228. The number of rotatable bonds is 9. The molecule has 0 saturated carbocycles. The number of ether oxygens (including phenoxy) is 2. The van der Waals surface area contributed by atoms with E-state index in [0.717, 1.165) is 27.5 Å². The number of benzene rings is 4. The van der Waals surface area contributed by atoms with Crippen molar-refractivity contribution in [3.63, 3.8) is 0 Å². The third kappa shape index (κ3) is 5.71. The van der Waals surface area contributed by atoms with E-state index in [1.54, 1.807) is 0 Å². The predicted molar refractivity (Wildman–Crippen MR) is 183 cm³/mol. The molecule has 2 fully saturated rings. The molecule has 47 heavy (non-hydrogen) atoms. The van der Waals surface area contributed by atoms with Crippen LogP contribution in [0.4, 0.5) is 0 Å². The van der Waals surface area contributed by atoms with Crippen molar-refractivity contribution in [1.29, 1.82) is 0 Å². The number of hydrogen-bond donors (Lipinski definition) is 2. The summed E-state index contributed by atoms with van der Waals surface area (Å²) in [5.74, 6) is 0. The summed E-state index contributed by atoms with van der Waals surface area (Å²) in [5, 5.41) is 2.19. The number of nitrogens with one attached hydrogen (secondary N) is 2. The highest BCUT2D eigenvalue weighted by atomic mass is 28.2. The molecule has 4 atom stereocenters. The van der Waals surface area contributed by atoms with Gasteiger partial charge >= 0.3 is 5.69 Å². The fourth-order valence-corrected chi connectivity index (χ4v) is 8.11. The van der Waals surface area contributed by atoms with Crippen LogP contribution in [0.25, 0.3) is 10.8 Å². The Hall–Kier alpha value is -4.16. The second kappa shape index (κ2) is 12.5. The highest BCUT2D eigenvalue weighted by molar-refractivity contribution is 6.32. The smallest absolute Gasteiger partial charge is 0.330 e. The standard InChI is InChI=1S/C37H39N3O6Si/c1-35(2,3)47-46-37(28-14-6-4-7-15-28,29-16-8-5-9-17-29)36-24-38-45-31(33(44-36)40-21-20-30(41)39-34(40)42)32(36)43-23-25-18-19-26-12-10-11-13-27(26)22-25/h4-22,31-33,38H,23-24,47H2,1-3H3,(H,39,41,42). The molecule has 10 heteroatoms. The normalized spacial score (nSPS) is 23.1. The lowest BCUT2D eigenvalue weighted by Crippen LogP contribution is -2.69. The topological polar surface area (TPSA) is 104 Å². The molecule has 9 nitrogen and oxygen atoms in total. The summed E-state index contributed by atoms with van der Waals surface area (Å²) in [5.41, 5.74) is 2.46. The van der Waals surface area contributed by atoms with E-state index in [2.05, 4.69) is 85.8 Å². The van der Waals surface area contributed by atoms with E-state index in [0.29, 0.717) is 0 Å². The Morgan fingerprint density at radius 3 is 2.19 bits per heavy atom. The maximum Gasteiger partial charge on any atom is 0.330 e. The van der Waals surface area contributed by atoms with Gasteiger partial charge in [-0.25, -0.2) is 4.79 Å². The van der Waals surface area contributed by atoms with Crippen molar-refractivity contribution in [1.82, 2.24) is 15.0 Å². The highest BCUT2D eigenvalue weighted by Gasteiger charge is 2.71. The van der Waals surface area contributed by atoms with E-state index in [9.17, 15) is 9.59 Å². The van der Waals surface area contributed by atoms with Gasteiger partial charge in [0.05, 0.1) is 13.2 Å². The van der Waals surface area contributed by atoms with Crippen molar-refractivity contribution in [3.8, 4) is 0 Å². The zero-order valence-electron chi connectivity index (χ0n) is 26.7. The van der Waals surface area contributed by atoms with E-state index in [1.165, 1.54) is 16.8 Å². The van der Waals surface area contributed by atoms with Gasteiger partial charge in [0.1, 0.15) is 11.7 Å². The molecular formula is C37H39N3O6Si. The van der Waals surface area contributed by atoms with E-state index < -0.39 is 50.7 Å². The van der Waals surface area contributed by atoms with Crippen LogP contribution < -0.4 is 16.7 Å². The Labute approximate surface area is 275 Å². The molecular weight excluding hydrogens is 611 g/mol. The van der Waals surface area contributed by atoms with Crippen molar-refractivity contribution in [3.05, 3.63) is 153 Å². The predicted octanol–water partition coefficient (Wildman–Crippen LogP) is 4.71. The fourth-order valence-electron chi connectivity index (χ4n) is 6.88. The largest absolute Gasteiger partial charge is 0.407 e. The quantitative estimate of drug-likeness (QED) is 0.223. The molecule has 4 unspecified atom stereocenters. The molecule has 2 N–H and O–H groups in total. The highest BCUT2D eigenvalue weighted by Crippen LogP contribution is 2.56. The van der Waals surface area contributed by atoms with E-state index >= 15 is 0 Å². The number of nitrogens with zero attached hydrogens (tertiary/aromatic N) is 1. The SMILES string of the molecule is CC(C)(C)[SiH2]OC(c1ccccc1)(c1ccccc1)C12CNOC(C(n3ccc(=O)[nH]c3=O)O1)C2OCc1ccc2ccccc2c1. The molecule has 2 bridgehead atoms. The molecule has 2 aliphatic rings. The zero-order chi connectivity index (χ0) is 32.6. The number of aromatic nitrogens is 2. The van der Waals surface area contributed by atoms with Gasteiger partial charge in [-0.2, -0.15) is 5.48 Å². The molecule has 4 aromatic carbocycles. The van der Waals surface area contributed by atoms with Gasteiger partial charge in [-0.3, -0.25) is 19.2 Å².